The number of hydrogen-bond acceptors (Lipinski definition) is 4. The highest BCUT2D eigenvalue weighted by Gasteiger charge is 2.20. The van der Waals surface area contributed by atoms with Gasteiger partial charge in [-0.05, 0) is 13.5 Å². The summed E-state index contributed by atoms with van der Waals surface area (Å²) in [5, 5.41) is 12.4. The second kappa shape index (κ2) is 4.76. The fourth-order valence-corrected chi connectivity index (χ4v) is 1.38. The first kappa shape index (κ1) is 10.7. The molecule has 0 fully saturated rings. The van der Waals surface area contributed by atoms with Crippen LogP contribution in [0.3, 0.4) is 0 Å². The van der Waals surface area contributed by atoms with Crippen molar-refractivity contribution in [2.24, 2.45) is 0 Å². The standard InChI is InChI=1S/C9H14N2O3/c1-3-8(9(12)13)11(2)5-7-4-10-14-6-7/h4,6,8H,3,5H2,1-2H3,(H,12,13). The monoisotopic (exact) mass is 198 g/mol. The highest BCUT2D eigenvalue weighted by molar-refractivity contribution is 5.73. The molecule has 1 heterocycles. The van der Waals surface area contributed by atoms with Crippen molar-refractivity contribution in [2.45, 2.75) is 25.9 Å². The molecule has 0 aliphatic heterocycles. The minimum absolute atomic E-state index is 0.454. The summed E-state index contributed by atoms with van der Waals surface area (Å²) < 4.78 is 4.67. The van der Waals surface area contributed by atoms with E-state index in [4.69, 9.17) is 5.11 Å². The third kappa shape index (κ3) is 2.56. The maximum Gasteiger partial charge on any atom is 0.320 e. The molecule has 0 spiro atoms. The van der Waals surface area contributed by atoms with E-state index in [2.05, 4.69) is 9.68 Å². The van der Waals surface area contributed by atoms with E-state index in [-0.39, 0.29) is 0 Å². The van der Waals surface area contributed by atoms with Gasteiger partial charge in [0.2, 0.25) is 0 Å². The van der Waals surface area contributed by atoms with E-state index >= 15 is 0 Å². The minimum Gasteiger partial charge on any atom is -0.480 e. The third-order valence-corrected chi connectivity index (χ3v) is 2.12. The molecule has 1 rings (SSSR count). The van der Waals surface area contributed by atoms with Crippen LogP contribution in [0.2, 0.25) is 0 Å². The fraction of sp³-hybridized carbons (Fsp3) is 0.556. The normalized spacial score (nSPS) is 13.1. The molecule has 0 aromatic carbocycles. The van der Waals surface area contributed by atoms with E-state index < -0.39 is 12.0 Å². The second-order valence-corrected chi connectivity index (χ2v) is 3.21. The average molecular weight is 198 g/mol. The molecule has 0 radical (unpaired) electrons. The summed E-state index contributed by atoms with van der Waals surface area (Å²) in [6, 6.07) is -0.454. The minimum atomic E-state index is -0.800. The third-order valence-electron chi connectivity index (χ3n) is 2.12. The van der Waals surface area contributed by atoms with Crippen molar-refractivity contribution in [3.05, 3.63) is 18.0 Å². The van der Waals surface area contributed by atoms with Crippen LogP contribution in [-0.2, 0) is 11.3 Å². The van der Waals surface area contributed by atoms with E-state index in [0.717, 1.165) is 5.56 Å². The average Bonchev–Trinajstić information content (AvgIpc) is 2.57. The Morgan fingerprint density at radius 1 is 1.79 bits per heavy atom. The van der Waals surface area contributed by atoms with Crippen LogP contribution in [0.15, 0.2) is 17.0 Å². The van der Waals surface area contributed by atoms with Gasteiger partial charge >= 0.3 is 5.97 Å². The maximum atomic E-state index is 10.8. The van der Waals surface area contributed by atoms with E-state index in [1.165, 1.54) is 6.26 Å². The molecule has 0 saturated carbocycles. The number of rotatable bonds is 5. The summed E-state index contributed by atoms with van der Waals surface area (Å²) in [7, 11) is 1.77. The zero-order chi connectivity index (χ0) is 10.6. The van der Waals surface area contributed by atoms with Gasteiger partial charge in [0, 0.05) is 12.1 Å². The highest BCUT2D eigenvalue weighted by atomic mass is 16.5. The van der Waals surface area contributed by atoms with Gasteiger partial charge in [-0.3, -0.25) is 9.69 Å². The van der Waals surface area contributed by atoms with Crippen molar-refractivity contribution in [1.29, 1.82) is 0 Å². The maximum absolute atomic E-state index is 10.8. The summed E-state index contributed by atoms with van der Waals surface area (Å²) in [6.45, 7) is 2.39. The van der Waals surface area contributed by atoms with Crippen molar-refractivity contribution >= 4 is 5.97 Å². The van der Waals surface area contributed by atoms with Gasteiger partial charge < -0.3 is 9.63 Å². The molecular formula is C9H14N2O3. The molecule has 14 heavy (non-hydrogen) atoms. The highest BCUT2D eigenvalue weighted by Crippen LogP contribution is 2.07. The smallest absolute Gasteiger partial charge is 0.320 e. The van der Waals surface area contributed by atoms with E-state index in [1.807, 2.05) is 6.92 Å². The second-order valence-electron chi connectivity index (χ2n) is 3.21. The Hall–Kier alpha value is -1.36. The Morgan fingerprint density at radius 3 is 2.93 bits per heavy atom. The molecule has 1 unspecified atom stereocenters. The van der Waals surface area contributed by atoms with Crippen molar-refractivity contribution in [3.8, 4) is 0 Å². The Bertz CT molecular complexity index is 284. The van der Waals surface area contributed by atoms with Crippen LogP contribution in [0.25, 0.3) is 0 Å². The molecule has 5 nitrogen and oxygen atoms in total. The molecule has 0 aliphatic rings. The number of nitrogens with zero attached hydrogens (tertiary/aromatic N) is 2. The lowest BCUT2D eigenvalue weighted by molar-refractivity contribution is -0.143. The van der Waals surface area contributed by atoms with Gasteiger partial charge in [0.25, 0.3) is 0 Å². The number of aliphatic carboxylic acids is 1. The molecule has 78 valence electrons. The van der Waals surface area contributed by atoms with Gasteiger partial charge in [0.15, 0.2) is 0 Å². The van der Waals surface area contributed by atoms with Crippen molar-refractivity contribution in [3.63, 3.8) is 0 Å². The van der Waals surface area contributed by atoms with Crippen molar-refractivity contribution in [2.75, 3.05) is 7.05 Å². The lowest BCUT2D eigenvalue weighted by atomic mass is 10.2. The fourth-order valence-electron chi connectivity index (χ4n) is 1.38. The Balaban J connectivity index is 2.56. The molecular weight excluding hydrogens is 184 g/mol. The van der Waals surface area contributed by atoms with Crippen LogP contribution in [0.4, 0.5) is 0 Å². The van der Waals surface area contributed by atoms with Crippen LogP contribution in [0.5, 0.6) is 0 Å². The van der Waals surface area contributed by atoms with Gasteiger partial charge in [0.05, 0.1) is 6.20 Å². The predicted octanol–water partition coefficient (Wildman–Crippen LogP) is 0.970. The van der Waals surface area contributed by atoms with E-state index in [9.17, 15) is 4.79 Å². The van der Waals surface area contributed by atoms with Gasteiger partial charge in [-0.1, -0.05) is 12.1 Å². The summed E-state index contributed by atoms with van der Waals surface area (Å²) in [5.74, 6) is -0.800. The lowest BCUT2D eigenvalue weighted by Gasteiger charge is -2.22. The first-order valence-electron chi connectivity index (χ1n) is 4.46. The Morgan fingerprint density at radius 2 is 2.50 bits per heavy atom. The molecule has 0 bridgehead atoms. The summed E-state index contributed by atoms with van der Waals surface area (Å²) in [5.41, 5.74) is 0.882. The zero-order valence-corrected chi connectivity index (χ0v) is 8.30. The van der Waals surface area contributed by atoms with Crippen molar-refractivity contribution < 1.29 is 14.4 Å². The quantitative estimate of drug-likeness (QED) is 0.763. The van der Waals surface area contributed by atoms with Crippen LogP contribution >= 0.6 is 0 Å². The van der Waals surface area contributed by atoms with Crippen LogP contribution in [0, 0.1) is 0 Å². The summed E-state index contributed by atoms with van der Waals surface area (Å²) >= 11 is 0. The molecule has 0 aliphatic carbocycles. The molecule has 0 amide bonds. The lowest BCUT2D eigenvalue weighted by Crippen LogP contribution is -2.37. The van der Waals surface area contributed by atoms with Gasteiger partial charge in [-0.25, -0.2) is 0 Å². The van der Waals surface area contributed by atoms with Crippen LogP contribution < -0.4 is 0 Å². The first-order chi connectivity index (χ1) is 6.65. The molecule has 5 heteroatoms. The molecule has 1 N–H and O–H groups in total. The SMILES string of the molecule is CCC(C(=O)O)N(C)Cc1cnoc1. The number of aromatic nitrogens is 1. The Labute approximate surface area is 82.3 Å². The number of hydrogen-bond donors (Lipinski definition) is 1. The molecule has 1 aromatic heterocycles. The predicted molar refractivity (Wildman–Crippen MR) is 49.7 cm³/mol. The largest absolute Gasteiger partial charge is 0.480 e. The first-order valence-corrected chi connectivity index (χ1v) is 4.46. The molecule has 1 aromatic rings. The zero-order valence-electron chi connectivity index (χ0n) is 8.30. The molecule has 1 atom stereocenters. The van der Waals surface area contributed by atoms with Gasteiger partial charge in [-0.15, -0.1) is 0 Å². The topological polar surface area (TPSA) is 66.6 Å². The van der Waals surface area contributed by atoms with Crippen LogP contribution in [0.1, 0.15) is 18.9 Å². The van der Waals surface area contributed by atoms with Crippen molar-refractivity contribution in [1.82, 2.24) is 10.1 Å². The number of carboxylic acids is 1. The van der Waals surface area contributed by atoms with Gasteiger partial charge in [0.1, 0.15) is 12.3 Å². The summed E-state index contributed by atoms with van der Waals surface area (Å²) in [4.78, 5) is 12.6. The van der Waals surface area contributed by atoms with E-state index in [1.54, 1.807) is 18.1 Å². The van der Waals surface area contributed by atoms with E-state index in [0.29, 0.717) is 13.0 Å². The summed E-state index contributed by atoms with van der Waals surface area (Å²) in [6.07, 6.45) is 3.69. The van der Waals surface area contributed by atoms with Gasteiger partial charge in [-0.2, -0.15) is 0 Å². The number of likely N-dealkylation sites (N-methyl/N-ethyl adjacent to an activating group) is 1. The molecule has 0 saturated heterocycles. The Kier molecular flexibility index (Phi) is 3.64. The number of carbonyl (C=O) groups is 1. The number of carboxylic acid groups (broad SMARTS) is 1. The van der Waals surface area contributed by atoms with Crippen LogP contribution in [-0.4, -0.2) is 34.2 Å².